The molecule has 1 atom stereocenters. The molecule has 0 fully saturated rings. The Balaban J connectivity index is 1.26. The minimum Gasteiger partial charge on any atom is -0.324 e. The first-order chi connectivity index (χ1) is 15.0. The van der Waals surface area contributed by atoms with Crippen LogP contribution in [0.4, 0.5) is 10.8 Å². The van der Waals surface area contributed by atoms with Gasteiger partial charge in [0, 0.05) is 41.4 Å². The Labute approximate surface area is 189 Å². The highest BCUT2D eigenvalue weighted by molar-refractivity contribution is 8.00. The maximum absolute atomic E-state index is 12.8. The summed E-state index contributed by atoms with van der Waals surface area (Å²) in [7, 11) is 0. The summed E-state index contributed by atoms with van der Waals surface area (Å²) < 4.78 is 0. The van der Waals surface area contributed by atoms with Gasteiger partial charge in [-0.1, -0.05) is 30.3 Å². The van der Waals surface area contributed by atoms with Crippen LogP contribution in [0.5, 0.6) is 0 Å². The van der Waals surface area contributed by atoms with Gasteiger partial charge in [0.2, 0.25) is 5.91 Å². The topological polar surface area (TPSA) is 74.3 Å². The molecule has 2 aromatic carbocycles. The van der Waals surface area contributed by atoms with Crippen molar-refractivity contribution in [3.63, 3.8) is 0 Å². The molecule has 0 saturated heterocycles. The summed E-state index contributed by atoms with van der Waals surface area (Å²) >= 11 is 3.05. The average molecular weight is 451 g/mol. The van der Waals surface area contributed by atoms with Gasteiger partial charge in [-0.25, -0.2) is 4.98 Å². The number of thioether (sulfide) groups is 1. The van der Waals surface area contributed by atoms with E-state index >= 15 is 0 Å². The predicted octanol–water partition coefficient (Wildman–Crippen LogP) is 4.39. The Bertz CT molecular complexity index is 1150. The number of carbonyl (C=O) groups excluding carboxylic acids is 2. The second kappa shape index (κ2) is 8.45. The molecule has 1 aromatic heterocycles. The molecule has 31 heavy (non-hydrogen) atoms. The Morgan fingerprint density at radius 1 is 1.26 bits per heavy atom. The zero-order valence-corrected chi connectivity index (χ0v) is 18.7. The first-order valence-corrected chi connectivity index (χ1v) is 11.9. The van der Waals surface area contributed by atoms with Gasteiger partial charge in [-0.15, -0.1) is 23.1 Å². The summed E-state index contributed by atoms with van der Waals surface area (Å²) in [6, 6.07) is 15.9. The molecule has 3 aromatic rings. The van der Waals surface area contributed by atoms with Crippen molar-refractivity contribution >= 4 is 45.7 Å². The van der Waals surface area contributed by atoms with Crippen LogP contribution in [0.15, 0.2) is 53.4 Å². The summed E-state index contributed by atoms with van der Waals surface area (Å²) in [6.07, 6.45) is 0.884. The molecule has 0 saturated carbocycles. The molecule has 6 nitrogen and oxygen atoms in total. The summed E-state index contributed by atoms with van der Waals surface area (Å²) in [5, 5.41) is 6.31. The number of nitrogens with one attached hydrogen (secondary N) is 2. The number of thiazole rings is 1. The van der Waals surface area contributed by atoms with Crippen molar-refractivity contribution < 1.29 is 9.59 Å². The third-order valence-electron chi connectivity index (χ3n) is 5.45. The van der Waals surface area contributed by atoms with E-state index in [1.165, 1.54) is 22.2 Å². The number of aromatic nitrogens is 1. The molecule has 3 heterocycles. The number of anilines is 2. The van der Waals surface area contributed by atoms with Gasteiger partial charge in [0.05, 0.1) is 16.6 Å². The summed E-state index contributed by atoms with van der Waals surface area (Å²) in [6.45, 7) is 4.59. The molecule has 8 heteroatoms. The van der Waals surface area contributed by atoms with Crippen LogP contribution in [0.3, 0.4) is 0 Å². The van der Waals surface area contributed by atoms with Crippen LogP contribution in [0.25, 0.3) is 0 Å². The first kappa shape index (κ1) is 20.2. The zero-order chi connectivity index (χ0) is 21.4. The smallest absolute Gasteiger partial charge is 0.257 e. The van der Waals surface area contributed by atoms with E-state index in [9.17, 15) is 9.59 Å². The van der Waals surface area contributed by atoms with Gasteiger partial charge < -0.3 is 5.32 Å². The van der Waals surface area contributed by atoms with Crippen LogP contribution in [0, 0.1) is 0 Å². The number of nitrogens with zero attached hydrogens (tertiary/aromatic N) is 2. The Hall–Kier alpha value is -2.68. The van der Waals surface area contributed by atoms with Gasteiger partial charge in [-0.2, -0.15) is 0 Å². The van der Waals surface area contributed by atoms with E-state index in [2.05, 4.69) is 44.8 Å². The van der Waals surface area contributed by atoms with Crippen LogP contribution < -0.4 is 10.6 Å². The second-order valence-corrected chi connectivity index (χ2v) is 10.2. The molecule has 5 rings (SSSR count). The lowest BCUT2D eigenvalue weighted by Gasteiger charge is -2.25. The number of amides is 2. The highest BCUT2D eigenvalue weighted by atomic mass is 32.2. The van der Waals surface area contributed by atoms with E-state index in [1.54, 1.807) is 23.5 Å². The molecule has 1 unspecified atom stereocenters. The minimum atomic E-state index is -0.215. The third kappa shape index (κ3) is 4.37. The van der Waals surface area contributed by atoms with Gasteiger partial charge >= 0.3 is 0 Å². The van der Waals surface area contributed by atoms with E-state index in [-0.39, 0.29) is 17.1 Å². The van der Waals surface area contributed by atoms with Crippen molar-refractivity contribution in [3.8, 4) is 0 Å². The Kier molecular flexibility index (Phi) is 5.52. The molecule has 158 valence electrons. The van der Waals surface area contributed by atoms with Crippen LogP contribution in [-0.4, -0.2) is 33.5 Å². The molecular formula is C23H22N4O2S2. The summed E-state index contributed by atoms with van der Waals surface area (Å²) in [5.74, 6) is -0.254. The number of fused-ring (bicyclic) bond motifs is 2. The number of hydrogen-bond acceptors (Lipinski definition) is 6. The van der Waals surface area contributed by atoms with Crippen molar-refractivity contribution in [3.05, 3.63) is 70.2 Å². The minimum absolute atomic E-state index is 0.0392. The van der Waals surface area contributed by atoms with E-state index in [1.807, 2.05) is 19.1 Å². The highest BCUT2D eigenvalue weighted by Crippen LogP contribution is 2.36. The van der Waals surface area contributed by atoms with E-state index in [0.717, 1.165) is 36.6 Å². The normalized spacial score (nSPS) is 18.1. The summed E-state index contributed by atoms with van der Waals surface area (Å²) in [4.78, 5) is 34.0. The van der Waals surface area contributed by atoms with E-state index < -0.39 is 0 Å². The SMILES string of the molecule is CC1Sc2ccc(C(=O)Nc3nc4c(s3)CN(Cc3ccccc3)CC4)cc2NC1=O. The Morgan fingerprint density at radius 2 is 2.10 bits per heavy atom. The van der Waals surface area contributed by atoms with Crippen LogP contribution in [0.2, 0.25) is 0 Å². The van der Waals surface area contributed by atoms with Gasteiger partial charge in [0.25, 0.3) is 5.91 Å². The van der Waals surface area contributed by atoms with Gasteiger partial charge in [-0.3, -0.25) is 19.8 Å². The van der Waals surface area contributed by atoms with Crippen molar-refractivity contribution in [1.29, 1.82) is 0 Å². The molecule has 0 spiro atoms. The number of carbonyl (C=O) groups is 2. The molecule has 2 amide bonds. The standard InChI is InChI=1S/C23H22N4O2S2/c1-14-21(28)24-18-11-16(7-8-19(18)30-14)22(29)26-23-25-17-9-10-27(13-20(17)31-23)12-15-5-3-2-4-6-15/h2-8,11,14H,9-10,12-13H2,1H3,(H,24,28)(H,25,26,29). The Morgan fingerprint density at radius 3 is 2.94 bits per heavy atom. The molecule has 0 bridgehead atoms. The monoisotopic (exact) mass is 450 g/mol. The molecule has 2 aliphatic rings. The van der Waals surface area contributed by atoms with E-state index in [0.29, 0.717) is 16.4 Å². The number of rotatable bonds is 4. The maximum Gasteiger partial charge on any atom is 0.257 e. The molecule has 2 aliphatic heterocycles. The zero-order valence-electron chi connectivity index (χ0n) is 17.1. The van der Waals surface area contributed by atoms with Crippen LogP contribution in [0.1, 0.15) is 33.4 Å². The van der Waals surface area contributed by atoms with Crippen LogP contribution in [-0.2, 0) is 24.3 Å². The lowest BCUT2D eigenvalue weighted by molar-refractivity contribution is -0.115. The molecular weight excluding hydrogens is 428 g/mol. The van der Waals surface area contributed by atoms with Crippen molar-refractivity contribution in [2.24, 2.45) is 0 Å². The van der Waals surface area contributed by atoms with Crippen molar-refractivity contribution in [2.75, 3.05) is 17.2 Å². The molecule has 2 N–H and O–H groups in total. The highest BCUT2D eigenvalue weighted by Gasteiger charge is 2.25. The molecule has 0 aliphatic carbocycles. The number of benzene rings is 2. The maximum atomic E-state index is 12.8. The fourth-order valence-electron chi connectivity index (χ4n) is 3.80. The van der Waals surface area contributed by atoms with Crippen molar-refractivity contribution in [1.82, 2.24) is 9.88 Å². The first-order valence-electron chi connectivity index (χ1n) is 10.2. The lowest BCUT2D eigenvalue weighted by atomic mass is 10.1. The summed E-state index contributed by atoms with van der Waals surface area (Å²) in [5.41, 5.74) is 3.58. The quantitative estimate of drug-likeness (QED) is 0.617. The fraction of sp³-hybridized carbons (Fsp3) is 0.261. The second-order valence-electron chi connectivity index (χ2n) is 7.75. The van der Waals surface area contributed by atoms with Gasteiger partial charge in [0.1, 0.15) is 0 Å². The fourth-order valence-corrected chi connectivity index (χ4v) is 5.77. The van der Waals surface area contributed by atoms with Crippen molar-refractivity contribution in [2.45, 2.75) is 36.6 Å². The average Bonchev–Trinajstić information content (AvgIpc) is 3.16. The third-order valence-corrected chi connectivity index (χ3v) is 7.63. The predicted molar refractivity (Wildman–Crippen MR) is 125 cm³/mol. The molecule has 0 radical (unpaired) electrons. The van der Waals surface area contributed by atoms with E-state index in [4.69, 9.17) is 0 Å². The largest absolute Gasteiger partial charge is 0.324 e. The van der Waals surface area contributed by atoms with Gasteiger partial charge in [0.15, 0.2) is 5.13 Å². The van der Waals surface area contributed by atoms with Gasteiger partial charge in [-0.05, 0) is 30.7 Å². The number of hydrogen-bond donors (Lipinski definition) is 2. The lowest BCUT2D eigenvalue weighted by Crippen LogP contribution is -2.29. The van der Waals surface area contributed by atoms with Crippen LogP contribution >= 0.6 is 23.1 Å².